The fourth-order valence-corrected chi connectivity index (χ4v) is 2.71. The molecule has 0 unspecified atom stereocenters. The largest absolute Gasteiger partial charge is 0.481 e. The third kappa shape index (κ3) is 3.74. The van der Waals surface area contributed by atoms with Crippen LogP contribution >= 0.6 is 11.6 Å². The lowest BCUT2D eigenvalue weighted by Crippen LogP contribution is -2.35. The Kier molecular flexibility index (Phi) is 4.98. The Morgan fingerprint density at radius 3 is 2.64 bits per heavy atom. The smallest absolute Gasteiger partial charge is 0.307 e. The number of allylic oxidation sites excluding steroid dienone is 2. The predicted molar refractivity (Wildman–Crippen MR) is 82.9 cm³/mol. The number of benzene rings is 1. The van der Waals surface area contributed by atoms with Gasteiger partial charge in [-0.2, -0.15) is 0 Å². The SMILES string of the molecule is CC(=O)c1cccc(NC(=O)[C@@H]2CC(Cl)=CC[C@H]2C(=O)O)c1. The van der Waals surface area contributed by atoms with Gasteiger partial charge in [0, 0.05) is 16.3 Å². The molecule has 0 radical (unpaired) electrons. The molecule has 116 valence electrons. The molecule has 0 heterocycles. The number of carboxylic acids is 1. The number of nitrogens with one attached hydrogen (secondary N) is 1. The number of halogens is 1. The third-order valence-electron chi connectivity index (χ3n) is 3.68. The first-order chi connectivity index (χ1) is 10.4. The van der Waals surface area contributed by atoms with Crippen LogP contribution in [0, 0.1) is 11.8 Å². The summed E-state index contributed by atoms with van der Waals surface area (Å²) < 4.78 is 0. The minimum atomic E-state index is -1.02. The van der Waals surface area contributed by atoms with Crippen LogP contribution in [0.2, 0.25) is 0 Å². The van der Waals surface area contributed by atoms with Crippen LogP contribution in [0.4, 0.5) is 5.69 Å². The predicted octanol–water partition coefficient (Wildman–Crippen LogP) is 3.06. The Labute approximate surface area is 133 Å². The number of carbonyl (C=O) groups excluding carboxylic acids is 2. The van der Waals surface area contributed by atoms with Gasteiger partial charge in [0.1, 0.15) is 0 Å². The minimum Gasteiger partial charge on any atom is -0.481 e. The molecule has 1 aromatic rings. The Balaban J connectivity index is 2.17. The van der Waals surface area contributed by atoms with Crippen LogP contribution in [0.15, 0.2) is 35.4 Å². The number of carbonyl (C=O) groups is 3. The van der Waals surface area contributed by atoms with Crippen molar-refractivity contribution >= 4 is 34.9 Å². The summed E-state index contributed by atoms with van der Waals surface area (Å²) in [6.45, 7) is 1.44. The summed E-state index contributed by atoms with van der Waals surface area (Å²) >= 11 is 5.94. The number of anilines is 1. The van der Waals surface area contributed by atoms with Gasteiger partial charge in [-0.15, -0.1) is 0 Å². The van der Waals surface area contributed by atoms with Crippen molar-refractivity contribution in [2.45, 2.75) is 19.8 Å². The normalized spacial score (nSPS) is 20.9. The van der Waals surface area contributed by atoms with Crippen LogP contribution in [0.25, 0.3) is 0 Å². The molecular weight excluding hydrogens is 306 g/mol. The van der Waals surface area contributed by atoms with E-state index >= 15 is 0 Å². The number of amides is 1. The highest BCUT2D eigenvalue weighted by Crippen LogP contribution is 2.32. The molecule has 22 heavy (non-hydrogen) atoms. The monoisotopic (exact) mass is 321 g/mol. The number of hydrogen-bond acceptors (Lipinski definition) is 3. The fourth-order valence-electron chi connectivity index (χ4n) is 2.45. The molecule has 1 amide bonds. The topological polar surface area (TPSA) is 83.5 Å². The first-order valence-electron chi connectivity index (χ1n) is 6.87. The number of rotatable bonds is 4. The molecule has 1 aliphatic rings. The van der Waals surface area contributed by atoms with Crippen LogP contribution < -0.4 is 5.32 Å². The standard InChI is InChI=1S/C16H16ClNO4/c1-9(19)10-3-2-4-12(7-10)18-15(20)14-8-11(17)5-6-13(14)16(21)22/h2-5,7,13-14H,6,8H2,1H3,(H,18,20)(H,21,22)/t13-,14-/m1/s1. The van der Waals surface area contributed by atoms with E-state index in [1.165, 1.54) is 6.92 Å². The molecule has 2 atom stereocenters. The van der Waals surface area contributed by atoms with Gasteiger partial charge in [-0.3, -0.25) is 14.4 Å². The summed E-state index contributed by atoms with van der Waals surface area (Å²) in [5.41, 5.74) is 0.946. The highest BCUT2D eigenvalue weighted by molar-refractivity contribution is 6.29. The molecule has 5 nitrogen and oxygen atoms in total. The first kappa shape index (κ1) is 16.2. The zero-order chi connectivity index (χ0) is 16.3. The molecule has 0 spiro atoms. The highest BCUT2D eigenvalue weighted by atomic mass is 35.5. The van der Waals surface area contributed by atoms with E-state index in [4.69, 9.17) is 11.6 Å². The maximum absolute atomic E-state index is 12.4. The number of Topliss-reactive ketones (excluding diaryl/α,β-unsaturated/α-hetero) is 1. The average molecular weight is 322 g/mol. The van der Waals surface area contributed by atoms with E-state index < -0.39 is 23.7 Å². The Hall–Kier alpha value is -2.14. The summed E-state index contributed by atoms with van der Waals surface area (Å²) in [6, 6.07) is 6.53. The highest BCUT2D eigenvalue weighted by Gasteiger charge is 2.36. The maximum Gasteiger partial charge on any atom is 0.307 e. The zero-order valence-electron chi connectivity index (χ0n) is 12.0. The van der Waals surface area contributed by atoms with Crippen LogP contribution in [0.3, 0.4) is 0 Å². The molecule has 0 aliphatic heterocycles. The van der Waals surface area contributed by atoms with E-state index in [9.17, 15) is 19.5 Å². The van der Waals surface area contributed by atoms with Crippen molar-refractivity contribution in [1.29, 1.82) is 0 Å². The molecule has 0 bridgehead atoms. The van der Waals surface area contributed by atoms with Crippen LogP contribution in [-0.2, 0) is 9.59 Å². The van der Waals surface area contributed by atoms with Gasteiger partial charge in [0.15, 0.2) is 5.78 Å². The van der Waals surface area contributed by atoms with Gasteiger partial charge >= 0.3 is 5.97 Å². The number of carboxylic acid groups (broad SMARTS) is 1. The molecule has 0 saturated carbocycles. The lowest BCUT2D eigenvalue weighted by Gasteiger charge is -2.25. The van der Waals surface area contributed by atoms with E-state index in [2.05, 4.69) is 5.32 Å². The van der Waals surface area contributed by atoms with Gasteiger partial charge in [0.05, 0.1) is 11.8 Å². The number of hydrogen-bond donors (Lipinski definition) is 2. The van der Waals surface area contributed by atoms with Crippen molar-refractivity contribution in [1.82, 2.24) is 0 Å². The molecule has 0 saturated heterocycles. The molecule has 0 aromatic heterocycles. The second kappa shape index (κ2) is 6.75. The quantitative estimate of drug-likeness (QED) is 0.835. The summed E-state index contributed by atoms with van der Waals surface area (Å²) in [5, 5.41) is 12.4. The summed E-state index contributed by atoms with van der Waals surface area (Å²) in [7, 11) is 0. The average Bonchev–Trinajstić information content (AvgIpc) is 2.47. The van der Waals surface area contributed by atoms with Crippen LogP contribution in [-0.4, -0.2) is 22.8 Å². The number of aliphatic carboxylic acids is 1. The molecule has 1 aromatic carbocycles. The molecule has 2 N–H and O–H groups in total. The van der Waals surface area contributed by atoms with E-state index in [1.54, 1.807) is 30.3 Å². The van der Waals surface area contributed by atoms with Gasteiger partial charge in [-0.05, 0) is 31.9 Å². The van der Waals surface area contributed by atoms with E-state index in [0.29, 0.717) is 16.3 Å². The van der Waals surface area contributed by atoms with Gasteiger partial charge in [0.25, 0.3) is 0 Å². The molecule has 1 aliphatic carbocycles. The summed E-state index contributed by atoms with van der Waals surface area (Å²) in [4.78, 5) is 35.0. The molecule has 0 fully saturated rings. The maximum atomic E-state index is 12.4. The number of ketones is 1. The lowest BCUT2D eigenvalue weighted by molar-refractivity contribution is -0.146. The second-order valence-electron chi connectivity index (χ2n) is 5.27. The van der Waals surface area contributed by atoms with Crippen molar-refractivity contribution in [2.24, 2.45) is 11.8 Å². The minimum absolute atomic E-state index is 0.108. The van der Waals surface area contributed by atoms with E-state index in [0.717, 1.165) is 0 Å². The summed E-state index contributed by atoms with van der Waals surface area (Å²) in [5.74, 6) is -3.05. The van der Waals surface area contributed by atoms with Crippen molar-refractivity contribution in [3.63, 3.8) is 0 Å². The van der Waals surface area contributed by atoms with Crippen molar-refractivity contribution in [3.8, 4) is 0 Å². The van der Waals surface area contributed by atoms with Gasteiger partial charge in [0.2, 0.25) is 5.91 Å². The van der Waals surface area contributed by atoms with E-state index in [-0.39, 0.29) is 18.6 Å². The first-order valence-corrected chi connectivity index (χ1v) is 7.25. The zero-order valence-corrected chi connectivity index (χ0v) is 12.8. The Bertz CT molecular complexity index is 653. The van der Waals surface area contributed by atoms with E-state index in [1.807, 2.05) is 0 Å². The summed E-state index contributed by atoms with van der Waals surface area (Å²) in [6.07, 6.45) is 2.08. The van der Waals surface area contributed by atoms with Crippen molar-refractivity contribution < 1.29 is 19.5 Å². The molecule has 6 heteroatoms. The van der Waals surface area contributed by atoms with Gasteiger partial charge in [-0.1, -0.05) is 29.8 Å². The molecule has 2 rings (SSSR count). The Morgan fingerprint density at radius 1 is 1.27 bits per heavy atom. The van der Waals surface area contributed by atoms with Crippen LogP contribution in [0.5, 0.6) is 0 Å². The third-order valence-corrected chi connectivity index (χ3v) is 3.99. The van der Waals surface area contributed by atoms with Crippen LogP contribution in [0.1, 0.15) is 30.1 Å². The lowest BCUT2D eigenvalue weighted by atomic mass is 9.82. The Morgan fingerprint density at radius 2 is 2.00 bits per heavy atom. The fraction of sp³-hybridized carbons (Fsp3) is 0.312. The molecular formula is C16H16ClNO4. The van der Waals surface area contributed by atoms with Crippen molar-refractivity contribution in [3.05, 3.63) is 40.9 Å². The van der Waals surface area contributed by atoms with Gasteiger partial charge < -0.3 is 10.4 Å². The van der Waals surface area contributed by atoms with Gasteiger partial charge in [-0.25, -0.2) is 0 Å². The van der Waals surface area contributed by atoms with Crippen molar-refractivity contribution in [2.75, 3.05) is 5.32 Å². The second-order valence-corrected chi connectivity index (χ2v) is 5.75.